The molecule has 1 aliphatic rings. The molecule has 1 saturated heterocycles. The van der Waals surface area contributed by atoms with E-state index in [9.17, 15) is 9.59 Å². The number of hydrogen-bond donors (Lipinski definition) is 0. The Morgan fingerprint density at radius 2 is 2.23 bits per heavy atom. The summed E-state index contributed by atoms with van der Waals surface area (Å²) in [5.41, 5.74) is 0.656. The van der Waals surface area contributed by atoms with Gasteiger partial charge in [-0.1, -0.05) is 12.1 Å². The lowest BCUT2D eigenvalue weighted by molar-refractivity contribution is -0.136. The van der Waals surface area contributed by atoms with Crippen molar-refractivity contribution in [2.75, 3.05) is 26.8 Å². The number of aromatic nitrogens is 2. The number of carbonyl (C=O) groups excluding carboxylic acids is 1. The zero-order valence-corrected chi connectivity index (χ0v) is 12.6. The third-order valence-electron chi connectivity index (χ3n) is 4.10. The van der Waals surface area contributed by atoms with Gasteiger partial charge in [0.25, 0.3) is 5.56 Å². The standard InChI is InChI=1S/C16H19N3O3/c1-22-10-15(20)18-8-4-5-12(9-18)19-11-17-14-7-3-2-6-13(14)16(19)21/h2-3,6-7,11-12H,4-5,8-10H2,1H3/t12-/m0/s1. The maximum absolute atomic E-state index is 12.6. The number of ether oxygens (including phenoxy) is 1. The Hall–Kier alpha value is -2.21. The Labute approximate surface area is 128 Å². The molecule has 1 aliphatic heterocycles. The maximum atomic E-state index is 12.6. The van der Waals surface area contributed by atoms with Crippen LogP contribution in [-0.2, 0) is 9.53 Å². The highest BCUT2D eigenvalue weighted by atomic mass is 16.5. The molecular formula is C16H19N3O3. The van der Waals surface area contributed by atoms with E-state index >= 15 is 0 Å². The maximum Gasteiger partial charge on any atom is 0.261 e. The van der Waals surface area contributed by atoms with Crippen LogP contribution in [0.2, 0.25) is 0 Å². The summed E-state index contributed by atoms with van der Waals surface area (Å²) in [6.07, 6.45) is 3.34. The summed E-state index contributed by atoms with van der Waals surface area (Å²) in [6.45, 7) is 1.33. The van der Waals surface area contributed by atoms with Crippen molar-refractivity contribution >= 4 is 16.8 Å². The van der Waals surface area contributed by atoms with Crippen LogP contribution in [0.1, 0.15) is 18.9 Å². The summed E-state index contributed by atoms with van der Waals surface area (Å²) < 4.78 is 6.57. The molecule has 3 rings (SSSR count). The van der Waals surface area contributed by atoms with E-state index in [1.807, 2.05) is 18.2 Å². The predicted molar refractivity (Wildman–Crippen MR) is 82.7 cm³/mol. The van der Waals surface area contributed by atoms with E-state index in [-0.39, 0.29) is 24.1 Å². The fourth-order valence-electron chi connectivity index (χ4n) is 2.97. The van der Waals surface area contributed by atoms with Crippen LogP contribution in [0.25, 0.3) is 10.9 Å². The van der Waals surface area contributed by atoms with Crippen molar-refractivity contribution in [3.63, 3.8) is 0 Å². The van der Waals surface area contributed by atoms with Crippen LogP contribution in [0.5, 0.6) is 0 Å². The Bertz CT molecular complexity index is 741. The second kappa shape index (κ2) is 6.27. The SMILES string of the molecule is COCC(=O)N1CCC[C@H](n2cnc3ccccc3c2=O)C1. The van der Waals surface area contributed by atoms with Crippen LogP contribution in [0.4, 0.5) is 0 Å². The molecule has 2 heterocycles. The highest BCUT2D eigenvalue weighted by Crippen LogP contribution is 2.20. The van der Waals surface area contributed by atoms with Crippen LogP contribution in [0, 0.1) is 0 Å². The lowest BCUT2D eigenvalue weighted by atomic mass is 10.1. The lowest BCUT2D eigenvalue weighted by Gasteiger charge is -2.33. The molecule has 0 spiro atoms. The quantitative estimate of drug-likeness (QED) is 0.854. The van der Waals surface area contributed by atoms with E-state index < -0.39 is 0 Å². The lowest BCUT2D eigenvalue weighted by Crippen LogP contribution is -2.44. The molecule has 1 aromatic heterocycles. The van der Waals surface area contributed by atoms with Crippen molar-refractivity contribution in [1.82, 2.24) is 14.5 Å². The van der Waals surface area contributed by atoms with E-state index in [1.165, 1.54) is 7.11 Å². The first-order chi connectivity index (χ1) is 10.7. The van der Waals surface area contributed by atoms with Crippen molar-refractivity contribution in [3.8, 4) is 0 Å². The molecule has 1 atom stereocenters. The number of likely N-dealkylation sites (tertiary alicyclic amines) is 1. The third kappa shape index (κ3) is 2.74. The monoisotopic (exact) mass is 301 g/mol. The number of para-hydroxylation sites is 1. The minimum Gasteiger partial charge on any atom is -0.375 e. The van der Waals surface area contributed by atoms with Crippen LogP contribution in [0.15, 0.2) is 35.4 Å². The summed E-state index contributed by atoms with van der Waals surface area (Å²) in [4.78, 5) is 30.7. The van der Waals surface area contributed by atoms with E-state index in [4.69, 9.17) is 4.74 Å². The topological polar surface area (TPSA) is 64.4 Å². The van der Waals surface area contributed by atoms with Gasteiger partial charge in [-0.25, -0.2) is 4.98 Å². The molecule has 0 unspecified atom stereocenters. The molecule has 6 heteroatoms. The summed E-state index contributed by atoms with van der Waals surface area (Å²) >= 11 is 0. The number of benzene rings is 1. The van der Waals surface area contributed by atoms with Gasteiger partial charge >= 0.3 is 0 Å². The Balaban J connectivity index is 1.89. The first kappa shape index (κ1) is 14.7. The highest BCUT2D eigenvalue weighted by molar-refractivity contribution is 5.78. The summed E-state index contributed by atoms with van der Waals surface area (Å²) in [6, 6.07) is 7.29. The van der Waals surface area contributed by atoms with Crippen LogP contribution < -0.4 is 5.56 Å². The van der Waals surface area contributed by atoms with Gasteiger partial charge in [-0.05, 0) is 25.0 Å². The number of nitrogens with zero attached hydrogens (tertiary/aromatic N) is 3. The normalized spacial score (nSPS) is 18.6. The van der Waals surface area contributed by atoms with Gasteiger partial charge < -0.3 is 9.64 Å². The van der Waals surface area contributed by atoms with Crippen LogP contribution >= 0.6 is 0 Å². The largest absolute Gasteiger partial charge is 0.375 e. The van der Waals surface area contributed by atoms with Gasteiger partial charge in [-0.2, -0.15) is 0 Å². The van der Waals surface area contributed by atoms with Crippen LogP contribution in [-0.4, -0.2) is 47.2 Å². The number of amides is 1. The number of methoxy groups -OCH3 is 1. The van der Waals surface area contributed by atoms with Crippen molar-refractivity contribution in [2.24, 2.45) is 0 Å². The average Bonchev–Trinajstić information content (AvgIpc) is 2.56. The summed E-state index contributed by atoms with van der Waals surface area (Å²) in [7, 11) is 1.51. The van der Waals surface area contributed by atoms with Crippen LogP contribution in [0.3, 0.4) is 0 Å². The van der Waals surface area contributed by atoms with Gasteiger partial charge in [0.05, 0.1) is 23.3 Å². The minimum atomic E-state index is -0.0448. The van der Waals surface area contributed by atoms with Gasteiger partial charge in [0.1, 0.15) is 6.61 Å². The summed E-state index contributed by atoms with van der Waals surface area (Å²) in [5.74, 6) is -0.0333. The van der Waals surface area contributed by atoms with E-state index in [2.05, 4.69) is 4.98 Å². The Kier molecular flexibility index (Phi) is 4.20. The molecule has 1 fully saturated rings. The Morgan fingerprint density at radius 3 is 3.05 bits per heavy atom. The number of fused-ring (bicyclic) bond motifs is 1. The Morgan fingerprint density at radius 1 is 1.41 bits per heavy atom. The number of carbonyl (C=O) groups is 1. The molecule has 116 valence electrons. The van der Waals surface area contributed by atoms with Crippen molar-refractivity contribution in [2.45, 2.75) is 18.9 Å². The molecule has 0 saturated carbocycles. The molecule has 1 aromatic carbocycles. The zero-order chi connectivity index (χ0) is 15.5. The predicted octanol–water partition coefficient (Wildman–Crippen LogP) is 1.21. The molecule has 1 amide bonds. The van der Waals surface area contributed by atoms with E-state index in [0.717, 1.165) is 12.8 Å². The van der Waals surface area contributed by atoms with Gasteiger partial charge in [-0.3, -0.25) is 14.2 Å². The third-order valence-corrected chi connectivity index (χ3v) is 4.10. The number of rotatable bonds is 3. The highest BCUT2D eigenvalue weighted by Gasteiger charge is 2.25. The number of hydrogen-bond acceptors (Lipinski definition) is 4. The molecule has 0 bridgehead atoms. The van der Waals surface area contributed by atoms with Gasteiger partial charge in [0.15, 0.2) is 0 Å². The van der Waals surface area contributed by atoms with E-state index in [0.29, 0.717) is 24.0 Å². The van der Waals surface area contributed by atoms with Gasteiger partial charge in [0.2, 0.25) is 5.91 Å². The van der Waals surface area contributed by atoms with Crippen molar-refractivity contribution in [1.29, 1.82) is 0 Å². The molecule has 22 heavy (non-hydrogen) atoms. The molecule has 6 nitrogen and oxygen atoms in total. The van der Waals surface area contributed by atoms with Gasteiger partial charge in [-0.15, -0.1) is 0 Å². The molecular weight excluding hydrogens is 282 g/mol. The first-order valence-corrected chi connectivity index (χ1v) is 7.43. The van der Waals surface area contributed by atoms with E-state index in [1.54, 1.807) is 21.9 Å². The second-order valence-electron chi connectivity index (χ2n) is 5.54. The smallest absolute Gasteiger partial charge is 0.261 e. The second-order valence-corrected chi connectivity index (χ2v) is 5.54. The molecule has 0 radical (unpaired) electrons. The fourth-order valence-corrected chi connectivity index (χ4v) is 2.97. The zero-order valence-electron chi connectivity index (χ0n) is 12.6. The van der Waals surface area contributed by atoms with Crippen molar-refractivity contribution in [3.05, 3.63) is 40.9 Å². The molecule has 2 aromatic rings. The molecule has 0 aliphatic carbocycles. The minimum absolute atomic E-state index is 0.0286. The fraction of sp³-hybridized carbons (Fsp3) is 0.438. The molecule has 0 N–H and O–H groups in total. The van der Waals surface area contributed by atoms with Gasteiger partial charge in [0, 0.05) is 20.2 Å². The first-order valence-electron chi connectivity index (χ1n) is 7.43. The number of piperidine rings is 1. The van der Waals surface area contributed by atoms with Crippen molar-refractivity contribution < 1.29 is 9.53 Å². The summed E-state index contributed by atoms with van der Waals surface area (Å²) in [5, 5.41) is 0.616. The average molecular weight is 301 g/mol.